The first-order valence-electron chi connectivity index (χ1n) is 6.75. The third-order valence-electron chi connectivity index (χ3n) is 4.39. The van der Waals surface area contributed by atoms with Crippen LogP contribution in [-0.4, -0.2) is 23.9 Å². The fraction of sp³-hybridized carbons (Fsp3) is 0.533. The average molecular weight is 375 g/mol. The molecule has 1 aromatic rings. The van der Waals surface area contributed by atoms with Crippen molar-refractivity contribution in [3.05, 3.63) is 33.1 Å². The van der Waals surface area contributed by atoms with Crippen LogP contribution in [0.25, 0.3) is 0 Å². The van der Waals surface area contributed by atoms with Crippen LogP contribution in [-0.2, 0) is 0 Å². The molecule has 1 saturated heterocycles. The molecule has 0 spiro atoms. The zero-order valence-electron chi connectivity index (χ0n) is 11.4. The van der Waals surface area contributed by atoms with Crippen LogP contribution >= 0.6 is 22.6 Å². The lowest BCUT2D eigenvalue weighted by atomic mass is 9.82. The van der Waals surface area contributed by atoms with E-state index < -0.39 is 0 Å². The Balaban J connectivity index is 2.17. The SMILES string of the molecule is CCC1(CC)CCN(C(=O)c2ccc(F)cc2I)C1. The van der Waals surface area contributed by atoms with Crippen molar-refractivity contribution < 1.29 is 9.18 Å². The Bertz CT molecular complexity index is 485. The number of likely N-dealkylation sites (tertiary alicyclic amines) is 1. The highest BCUT2D eigenvalue weighted by atomic mass is 127. The molecule has 4 heteroatoms. The predicted molar refractivity (Wildman–Crippen MR) is 82.7 cm³/mol. The zero-order valence-corrected chi connectivity index (χ0v) is 13.5. The molecule has 1 aromatic carbocycles. The minimum atomic E-state index is -0.293. The first kappa shape index (κ1) is 14.8. The van der Waals surface area contributed by atoms with Gasteiger partial charge in [0.25, 0.3) is 5.91 Å². The van der Waals surface area contributed by atoms with Gasteiger partial charge in [-0.25, -0.2) is 4.39 Å². The fourth-order valence-corrected chi connectivity index (χ4v) is 3.48. The van der Waals surface area contributed by atoms with Gasteiger partial charge < -0.3 is 4.90 Å². The lowest BCUT2D eigenvalue weighted by Crippen LogP contribution is -2.32. The van der Waals surface area contributed by atoms with Crippen molar-refractivity contribution in [1.82, 2.24) is 4.90 Å². The topological polar surface area (TPSA) is 20.3 Å². The van der Waals surface area contributed by atoms with Crippen molar-refractivity contribution >= 4 is 28.5 Å². The Hall–Kier alpha value is -0.650. The smallest absolute Gasteiger partial charge is 0.254 e. The summed E-state index contributed by atoms with van der Waals surface area (Å²) in [6, 6.07) is 4.37. The maximum atomic E-state index is 13.1. The highest BCUT2D eigenvalue weighted by molar-refractivity contribution is 14.1. The molecule has 2 nitrogen and oxygen atoms in total. The third kappa shape index (κ3) is 2.93. The molecule has 0 aliphatic carbocycles. The van der Waals surface area contributed by atoms with E-state index >= 15 is 0 Å². The first-order valence-corrected chi connectivity index (χ1v) is 7.83. The van der Waals surface area contributed by atoms with E-state index in [1.54, 1.807) is 6.07 Å². The minimum absolute atomic E-state index is 0.0353. The van der Waals surface area contributed by atoms with Crippen molar-refractivity contribution in [1.29, 1.82) is 0 Å². The molecule has 1 heterocycles. The van der Waals surface area contributed by atoms with E-state index in [1.165, 1.54) is 12.1 Å². The van der Waals surface area contributed by atoms with Gasteiger partial charge in [-0.2, -0.15) is 0 Å². The largest absolute Gasteiger partial charge is 0.338 e. The Morgan fingerprint density at radius 2 is 2.11 bits per heavy atom. The minimum Gasteiger partial charge on any atom is -0.338 e. The number of carbonyl (C=O) groups is 1. The van der Waals surface area contributed by atoms with E-state index in [-0.39, 0.29) is 17.1 Å². The lowest BCUT2D eigenvalue weighted by Gasteiger charge is -2.26. The number of amides is 1. The quantitative estimate of drug-likeness (QED) is 0.729. The van der Waals surface area contributed by atoms with Crippen LogP contribution < -0.4 is 0 Å². The van der Waals surface area contributed by atoms with E-state index in [2.05, 4.69) is 13.8 Å². The number of hydrogen-bond donors (Lipinski definition) is 0. The van der Waals surface area contributed by atoms with Crippen molar-refractivity contribution in [2.75, 3.05) is 13.1 Å². The zero-order chi connectivity index (χ0) is 14.0. The Morgan fingerprint density at radius 1 is 1.42 bits per heavy atom. The van der Waals surface area contributed by atoms with Crippen LogP contribution in [0.3, 0.4) is 0 Å². The number of nitrogens with zero attached hydrogens (tertiary/aromatic N) is 1. The van der Waals surface area contributed by atoms with Gasteiger partial charge in [0.15, 0.2) is 0 Å². The van der Waals surface area contributed by atoms with Crippen molar-refractivity contribution in [2.45, 2.75) is 33.1 Å². The normalized spacial score (nSPS) is 17.8. The van der Waals surface area contributed by atoms with Crippen LogP contribution in [0.15, 0.2) is 18.2 Å². The summed E-state index contributed by atoms with van der Waals surface area (Å²) in [5.74, 6) is -0.257. The van der Waals surface area contributed by atoms with Crippen LogP contribution in [0.4, 0.5) is 4.39 Å². The van der Waals surface area contributed by atoms with E-state index in [4.69, 9.17) is 0 Å². The summed E-state index contributed by atoms with van der Waals surface area (Å²) in [5.41, 5.74) is 0.895. The summed E-state index contributed by atoms with van der Waals surface area (Å²) in [7, 11) is 0. The van der Waals surface area contributed by atoms with Gasteiger partial charge in [0.1, 0.15) is 5.82 Å². The van der Waals surface area contributed by atoms with Gasteiger partial charge in [-0.1, -0.05) is 13.8 Å². The maximum absolute atomic E-state index is 13.1. The summed E-state index contributed by atoms with van der Waals surface area (Å²) < 4.78 is 13.8. The summed E-state index contributed by atoms with van der Waals surface area (Å²) in [6.45, 7) is 6.03. The number of rotatable bonds is 3. The Morgan fingerprint density at radius 3 is 2.63 bits per heavy atom. The second-order valence-corrected chi connectivity index (χ2v) is 6.47. The molecule has 104 valence electrons. The van der Waals surface area contributed by atoms with Crippen LogP contribution in [0.2, 0.25) is 0 Å². The Labute approximate surface area is 127 Å². The third-order valence-corrected chi connectivity index (χ3v) is 5.28. The van der Waals surface area contributed by atoms with Gasteiger partial charge in [0.05, 0.1) is 5.56 Å². The number of carbonyl (C=O) groups excluding carboxylic acids is 1. The molecule has 0 radical (unpaired) electrons. The molecule has 0 saturated carbocycles. The van der Waals surface area contributed by atoms with Gasteiger partial charge in [0, 0.05) is 16.7 Å². The van der Waals surface area contributed by atoms with E-state index in [0.717, 1.165) is 32.4 Å². The second-order valence-electron chi connectivity index (χ2n) is 5.31. The highest BCUT2D eigenvalue weighted by Crippen LogP contribution is 2.37. The monoisotopic (exact) mass is 375 g/mol. The fourth-order valence-electron chi connectivity index (χ4n) is 2.77. The van der Waals surface area contributed by atoms with Gasteiger partial charge in [0.2, 0.25) is 0 Å². The number of benzene rings is 1. The summed E-state index contributed by atoms with van der Waals surface area (Å²) in [4.78, 5) is 14.4. The predicted octanol–water partition coefficient (Wildman–Crippen LogP) is 4.08. The molecule has 19 heavy (non-hydrogen) atoms. The van der Waals surface area contributed by atoms with Crippen LogP contribution in [0.1, 0.15) is 43.5 Å². The van der Waals surface area contributed by atoms with E-state index in [9.17, 15) is 9.18 Å². The molecule has 1 aliphatic rings. The molecule has 0 N–H and O–H groups in total. The van der Waals surface area contributed by atoms with E-state index in [1.807, 2.05) is 27.5 Å². The number of hydrogen-bond acceptors (Lipinski definition) is 1. The highest BCUT2D eigenvalue weighted by Gasteiger charge is 2.37. The maximum Gasteiger partial charge on any atom is 0.254 e. The second kappa shape index (κ2) is 5.77. The molecule has 0 atom stereocenters. The van der Waals surface area contributed by atoms with Gasteiger partial charge in [-0.05, 0) is 65.5 Å². The van der Waals surface area contributed by atoms with Gasteiger partial charge >= 0.3 is 0 Å². The molecular weight excluding hydrogens is 356 g/mol. The van der Waals surface area contributed by atoms with Crippen LogP contribution in [0.5, 0.6) is 0 Å². The molecular formula is C15H19FINO. The van der Waals surface area contributed by atoms with Crippen molar-refractivity contribution in [3.8, 4) is 0 Å². The lowest BCUT2D eigenvalue weighted by molar-refractivity contribution is 0.0769. The molecule has 1 amide bonds. The average Bonchev–Trinajstić information content (AvgIpc) is 2.83. The Kier molecular flexibility index (Phi) is 4.48. The molecule has 1 fully saturated rings. The standard InChI is InChI=1S/C15H19FINO/c1-3-15(4-2)7-8-18(10-15)14(19)12-6-5-11(16)9-13(12)17/h5-6,9H,3-4,7-8,10H2,1-2H3. The molecule has 1 aliphatic heterocycles. The molecule has 0 aromatic heterocycles. The first-order chi connectivity index (χ1) is 9.01. The van der Waals surface area contributed by atoms with E-state index in [0.29, 0.717) is 9.13 Å². The molecule has 2 rings (SSSR count). The van der Waals surface area contributed by atoms with Gasteiger partial charge in [-0.3, -0.25) is 4.79 Å². The number of halogens is 2. The molecule has 0 bridgehead atoms. The summed E-state index contributed by atoms with van der Waals surface area (Å²) >= 11 is 2.03. The van der Waals surface area contributed by atoms with Crippen molar-refractivity contribution in [3.63, 3.8) is 0 Å². The molecule has 0 unspecified atom stereocenters. The van der Waals surface area contributed by atoms with Crippen molar-refractivity contribution in [2.24, 2.45) is 5.41 Å². The summed E-state index contributed by atoms with van der Waals surface area (Å²) in [6.07, 6.45) is 3.28. The van der Waals surface area contributed by atoms with Gasteiger partial charge in [-0.15, -0.1) is 0 Å². The van der Waals surface area contributed by atoms with Crippen LogP contribution in [0, 0.1) is 14.8 Å². The summed E-state index contributed by atoms with van der Waals surface area (Å²) in [5, 5.41) is 0.